The summed E-state index contributed by atoms with van der Waals surface area (Å²) in [4.78, 5) is 2.45. The van der Waals surface area contributed by atoms with E-state index in [1.807, 2.05) is 0 Å². The fourth-order valence-electron chi connectivity index (χ4n) is 11.6. The molecule has 0 aliphatic heterocycles. The van der Waals surface area contributed by atoms with Gasteiger partial charge in [0.05, 0.1) is 11.1 Å². The van der Waals surface area contributed by atoms with E-state index in [0.717, 1.165) is 55.7 Å². The summed E-state index contributed by atoms with van der Waals surface area (Å²) in [6.45, 7) is 0. The number of rotatable bonds is 7. The molecule has 322 valence electrons. The Hall–Kier alpha value is -8.98. The summed E-state index contributed by atoms with van der Waals surface area (Å²) in [5.74, 6) is 0. The van der Waals surface area contributed by atoms with Gasteiger partial charge >= 0.3 is 0 Å². The lowest BCUT2D eigenvalue weighted by molar-refractivity contribution is 0.670. The molecule has 0 unspecified atom stereocenters. The minimum Gasteiger partial charge on any atom is -0.455 e. The van der Waals surface area contributed by atoms with Crippen molar-refractivity contribution >= 4 is 71.3 Å². The SMILES string of the molecule is c1ccc(C2(c3ccccc3)c3ccccc3-c3ccc(N(c4ccc(-c5ccc6c(ccc7ccccc76)c5)cc4)c4ccccc4-c4cccc5c4oc4cc6ccccc6cc45)cc32)cc1. The number of furan rings is 1. The van der Waals surface area contributed by atoms with Crippen molar-refractivity contribution in [2.24, 2.45) is 0 Å². The first kappa shape index (κ1) is 39.2. The van der Waals surface area contributed by atoms with Gasteiger partial charge in [-0.3, -0.25) is 0 Å². The van der Waals surface area contributed by atoms with E-state index in [-0.39, 0.29) is 0 Å². The van der Waals surface area contributed by atoms with E-state index < -0.39 is 5.41 Å². The molecule has 0 saturated carbocycles. The Morgan fingerprint density at radius 2 is 0.884 bits per heavy atom. The lowest BCUT2D eigenvalue weighted by Crippen LogP contribution is -2.28. The van der Waals surface area contributed by atoms with Crippen molar-refractivity contribution in [2.45, 2.75) is 5.41 Å². The second-order valence-electron chi connectivity index (χ2n) is 18.4. The van der Waals surface area contributed by atoms with E-state index in [2.05, 4.69) is 266 Å². The quantitative estimate of drug-likeness (QED) is 0.148. The lowest BCUT2D eigenvalue weighted by atomic mass is 9.67. The average Bonchev–Trinajstić information content (AvgIpc) is 3.94. The Balaban J connectivity index is 0.988. The zero-order valence-electron chi connectivity index (χ0n) is 37.7. The molecule has 1 heterocycles. The van der Waals surface area contributed by atoms with Gasteiger partial charge in [-0.15, -0.1) is 0 Å². The van der Waals surface area contributed by atoms with Crippen LogP contribution in [0.3, 0.4) is 0 Å². The molecule has 1 aromatic heterocycles. The maximum absolute atomic E-state index is 6.91. The summed E-state index contributed by atoms with van der Waals surface area (Å²) >= 11 is 0. The number of para-hydroxylation sites is 2. The number of hydrogen-bond donors (Lipinski definition) is 0. The highest BCUT2D eigenvalue weighted by atomic mass is 16.3. The smallest absolute Gasteiger partial charge is 0.143 e. The van der Waals surface area contributed by atoms with Gasteiger partial charge in [-0.1, -0.05) is 212 Å². The van der Waals surface area contributed by atoms with Gasteiger partial charge in [-0.05, 0) is 125 Å². The zero-order valence-corrected chi connectivity index (χ0v) is 37.7. The Bertz CT molecular complexity index is 4090. The van der Waals surface area contributed by atoms with Crippen molar-refractivity contribution in [3.63, 3.8) is 0 Å². The van der Waals surface area contributed by atoms with Crippen LogP contribution in [0, 0.1) is 0 Å². The van der Waals surface area contributed by atoms with Crippen molar-refractivity contribution in [2.75, 3.05) is 4.90 Å². The van der Waals surface area contributed by atoms with E-state index in [1.54, 1.807) is 0 Å². The second kappa shape index (κ2) is 15.6. The number of anilines is 3. The van der Waals surface area contributed by atoms with Gasteiger partial charge in [0.15, 0.2) is 0 Å². The predicted molar refractivity (Wildman–Crippen MR) is 289 cm³/mol. The van der Waals surface area contributed by atoms with Crippen LogP contribution in [0.1, 0.15) is 22.3 Å². The predicted octanol–water partition coefficient (Wildman–Crippen LogP) is 18.2. The van der Waals surface area contributed by atoms with Gasteiger partial charge in [0.1, 0.15) is 11.2 Å². The molecule has 13 aromatic rings. The van der Waals surface area contributed by atoms with Crippen LogP contribution in [-0.4, -0.2) is 0 Å². The maximum atomic E-state index is 6.91. The van der Waals surface area contributed by atoms with Crippen LogP contribution in [-0.2, 0) is 5.41 Å². The average molecular weight is 878 g/mol. The molecule has 1 aliphatic rings. The highest BCUT2D eigenvalue weighted by molar-refractivity contribution is 6.14. The number of nitrogens with zero attached hydrogens (tertiary/aromatic N) is 1. The largest absolute Gasteiger partial charge is 0.455 e. The monoisotopic (exact) mass is 877 g/mol. The first-order valence-electron chi connectivity index (χ1n) is 23.8. The third-order valence-electron chi connectivity index (χ3n) is 14.7. The normalized spacial score (nSPS) is 12.8. The lowest BCUT2D eigenvalue weighted by Gasteiger charge is -2.35. The molecule has 2 nitrogen and oxygen atoms in total. The zero-order chi connectivity index (χ0) is 45.5. The van der Waals surface area contributed by atoms with E-state index in [4.69, 9.17) is 4.42 Å². The Morgan fingerprint density at radius 3 is 1.68 bits per heavy atom. The van der Waals surface area contributed by atoms with Crippen molar-refractivity contribution in [3.8, 4) is 33.4 Å². The van der Waals surface area contributed by atoms with Gasteiger partial charge in [0.25, 0.3) is 0 Å². The summed E-state index contributed by atoms with van der Waals surface area (Å²) in [6, 6.07) is 95.7. The van der Waals surface area contributed by atoms with Crippen LogP contribution in [0.15, 0.2) is 265 Å². The minimum absolute atomic E-state index is 0.551. The molecule has 0 saturated heterocycles. The molecule has 0 spiro atoms. The first-order valence-corrected chi connectivity index (χ1v) is 23.8. The number of benzene rings is 12. The third kappa shape index (κ3) is 6.06. The molecule has 69 heavy (non-hydrogen) atoms. The summed E-state index contributed by atoms with van der Waals surface area (Å²) in [5.41, 5.74) is 16.4. The van der Waals surface area contributed by atoms with E-state index in [9.17, 15) is 0 Å². The minimum atomic E-state index is -0.551. The molecule has 0 amide bonds. The first-order chi connectivity index (χ1) is 34.2. The molecule has 0 bridgehead atoms. The Morgan fingerprint density at radius 1 is 0.304 bits per heavy atom. The van der Waals surface area contributed by atoms with Crippen molar-refractivity contribution < 1.29 is 4.42 Å². The molecule has 0 atom stereocenters. The number of hydrogen-bond acceptors (Lipinski definition) is 2. The molecule has 14 rings (SSSR count). The Kier molecular flexibility index (Phi) is 8.84. The van der Waals surface area contributed by atoms with Gasteiger partial charge < -0.3 is 9.32 Å². The van der Waals surface area contributed by atoms with Gasteiger partial charge in [-0.25, -0.2) is 0 Å². The van der Waals surface area contributed by atoms with Crippen LogP contribution in [0.5, 0.6) is 0 Å². The summed E-state index contributed by atoms with van der Waals surface area (Å²) in [6.07, 6.45) is 0. The second-order valence-corrected chi connectivity index (χ2v) is 18.4. The molecule has 2 heteroatoms. The van der Waals surface area contributed by atoms with Crippen molar-refractivity contribution in [1.29, 1.82) is 0 Å². The van der Waals surface area contributed by atoms with E-state index in [0.29, 0.717) is 0 Å². The fraction of sp³-hybridized carbons (Fsp3) is 0.0149. The van der Waals surface area contributed by atoms with Gasteiger partial charge in [0.2, 0.25) is 0 Å². The third-order valence-corrected chi connectivity index (χ3v) is 14.7. The molecule has 0 N–H and O–H groups in total. The summed E-state index contributed by atoms with van der Waals surface area (Å²) < 4.78 is 6.91. The van der Waals surface area contributed by atoms with Crippen LogP contribution < -0.4 is 4.90 Å². The van der Waals surface area contributed by atoms with Crippen LogP contribution in [0.4, 0.5) is 17.1 Å². The molecule has 12 aromatic carbocycles. The van der Waals surface area contributed by atoms with E-state index >= 15 is 0 Å². The molecule has 0 radical (unpaired) electrons. The van der Waals surface area contributed by atoms with Crippen LogP contribution >= 0.6 is 0 Å². The summed E-state index contributed by atoms with van der Waals surface area (Å²) in [5, 5.41) is 9.63. The maximum Gasteiger partial charge on any atom is 0.143 e. The van der Waals surface area contributed by atoms with Crippen molar-refractivity contribution in [1.82, 2.24) is 0 Å². The standard InChI is InChI=1S/C67H43NO/c1-3-19-50(20-4-1)67(51-21-5-2-6-22-51)62-28-13-11-24-56(62)57-39-37-53(43-63(57)67)68(52-35-32-44(33-36-52)48-34-38-55-49(40-48)31-30-45-16-9-10-23-54(45)55)64-29-14-12-25-58(64)59-26-15-27-60-61-41-46-17-7-8-18-47(46)42-65(61)69-66(59)60/h1-43H. The molecular formula is C67H43NO. The topological polar surface area (TPSA) is 16.4 Å². The Labute approximate surface area is 400 Å². The van der Waals surface area contributed by atoms with Gasteiger partial charge in [0, 0.05) is 33.3 Å². The fourth-order valence-corrected chi connectivity index (χ4v) is 11.6. The van der Waals surface area contributed by atoms with E-state index in [1.165, 1.54) is 71.3 Å². The molecule has 0 fully saturated rings. The highest BCUT2D eigenvalue weighted by Crippen LogP contribution is 2.57. The highest BCUT2D eigenvalue weighted by Gasteiger charge is 2.46. The number of fused-ring (bicyclic) bond motifs is 10. The van der Waals surface area contributed by atoms with Crippen LogP contribution in [0.25, 0.3) is 87.6 Å². The van der Waals surface area contributed by atoms with Gasteiger partial charge in [-0.2, -0.15) is 0 Å². The summed E-state index contributed by atoms with van der Waals surface area (Å²) in [7, 11) is 0. The van der Waals surface area contributed by atoms with Crippen LogP contribution in [0.2, 0.25) is 0 Å². The molecular weight excluding hydrogens is 835 g/mol. The van der Waals surface area contributed by atoms with Crippen molar-refractivity contribution in [3.05, 3.63) is 283 Å². The molecule has 1 aliphatic carbocycles.